The van der Waals surface area contributed by atoms with Gasteiger partial charge in [-0.05, 0) is 83.9 Å². The summed E-state index contributed by atoms with van der Waals surface area (Å²) in [6.07, 6.45) is 0.845. The summed E-state index contributed by atoms with van der Waals surface area (Å²) >= 11 is 11.1. The smallest absolute Gasteiger partial charge is 0.295 e. The lowest BCUT2D eigenvalue weighted by Crippen LogP contribution is -2.18. The summed E-state index contributed by atoms with van der Waals surface area (Å²) in [6, 6.07) is 20.4. The fraction of sp³-hybridized carbons (Fsp3) is 0.188. The molecule has 14 nitrogen and oxygen atoms in total. The van der Waals surface area contributed by atoms with Gasteiger partial charge in [0, 0.05) is 0 Å². The second-order valence-electron chi connectivity index (χ2n) is 10.4. The summed E-state index contributed by atoms with van der Waals surface area (Å²) in [6.45, 7) is 0.0188. The van der Waals surface area contributed by atoms with E-state index in [2.05, 4.69) is 20.5 Å². The molecular formula is C32H30Cl2N4O10S2. The van der Waals surface area contributed by atoms with Crippen LogP contribution >= 0.6 is 23.2 Å². The van der Waals surface area contributed by atoms with Crippen LogP contribution in [-0.4, -0.2) is 73.3 Å². The maximum atomic E-state index is 12.2. The molecule has 0 aliphatic carbocycles. The third kappa shape index (κ3) is 11.7. The van der Waals surface area contributed by atoms with Crippen LogP contribution in [0.4, 0.5) is 22.7 Å². The lowest BCUT2D eigenvalue weighted by Gasteiger charge is -2.09. The Morgan fingerprint density at radius 1 is 0.560 bits per heavy atom. The first kappa shape index (κ1) is 38.5. The molecule has 0 bridgehead atoms. The predicted octanol–water partition coefficient (Wildman–Crippen LogP) is 7.14. The Hall–Kier alpha value is -4.26. The van der Waals surface area contributed by atoms with Crippen LogP contribution in [-0.2, 0) is 20.2 Å². The van der Waals surface area contributed by atoms with Gasteiger partial charge in [-0.1, -0.05) is 24.3 Å². The number of hydrogen-bond acceptors (Lipinski definition) is 12. The Morgan fingerprint density at radius 2 is 0.880 bits per heavy atom. The van der Waals surface area contributed by atoms with E-state index in [9.17, 15) is 36.2 Å². The molecule has 18 heteroatoms. The van der Waals surface area contributed by atoms with Crippen molar-refractivity contribution in [3.05, 3.63) is 96.1 Å². The van der Waals surface area contributed by atoms with Crippen molar-refractivity contribution < 1.29 is 45.6 Å². The molecule has 2 unspecified atom stereocenters. The molecule has 4 N–H and O–H groups in total. The number of nitrogens with zero attached hydrogens (tertiary/aromatic N) is 4. The van der Waals surface area contributed by atoms with E-state index >= 15 is 0 Å². The first-order valence-electron chi connectivity index (χ1n) is 14.4. The summed E-state index contributed by atoms with van der Waals surface area (Å²) in [7, 11) is -9.55. The maximum Gasteiger partial charge on any atom is 0.295 e. The minimum absolute atomic E-state index is 0.00939. The summed E-state index contributed by atoms with van der Waals surface area (Å²) in [5, 5.41) is 35.2. The Morgan fingerprint density at radius 3 is 1.20 bits per heavy atom. The van der Waals surface area contributed by atoms with Crippen molar-refractivity contribution >= 4 is 78.3 Å². The molecule has 0 aromatic heterocycles. The van der Waals surface area contributed by atoms with Gasteiger partial charge in [0.25, 0.3) is 20.2 Å². The summed E-state index contributed by atoms with van der Waals surface area (Å²) in [5.74, 6) is 0.976. The molecule has 4 aromatic rings. The fourth-order valence-corrected chi connectivity index (χ4v) is 5.58. The number of azo groups is 2. The third-order valence-electron chi connectivity index (χ3n) is 6.47. The van der Waals surface area contributed by atoms with E-state index in [-0.39, 0.29) is 47.5 Å². The fourth-order valence-electron chi connectivity index (χ4n) is 4.00. The van der Waals surface area contributed by atoms with Crippen LogP contribution in [0.5, 0.6) is 11.5 Å². The molecule has 50 heavy (non-hydrogen) atoms. The van der Waals surface area contributed by atoms with Gasteiger partial charge < -0.3 is 19.7 Å². The van der Waals surface area contributed by atoms with Gasteiger partial charge in [0.15, 0.2) is 0 Å². The molecule has 0 saturated heterocycles. The lowest BCUT2D eigenvalue weighted by atomic mass is 10.1. The molecule has 2 atom stereocenters. The van der Waals surface area contributed by atoms with Crippen molar-refractivity contribution in [1.82, 2.24) is 0 Å². The van der Waals surface area contributed by atoms with Crippen molar-refractivity contribution in [2.75, 3.05) is 25.0 Å². The largest absolute Gasteiger partial charge is 0.491 e. The minimum Gasteiger partial charge on any atom is -0.491 e. The maximum absolute atomic E-state index is 12.2. The summed E-state index contributed by atoms with van der Waals surface area (Å²) < 4.78 is 79.6. The average Bonchev–Trinajstić information content (AvgIpc) is 3.10. The Kier molecular flexibility index (Phi) is 13.6. The van der Waals surface area contributed by atoms with Crippen LogP contribution in [0.15, 0.2) is 115 Å². The highest BCUT2D eigenvalue weighted by molar-refractivity contribution is 7.86. The molecule has 0 fully saturated rings. The standard InChI is InChI=1S/C32H30Cl2N4O10S2/c33-17-27(39)19-47-29-11-7-23(8-12-29)35-37-25-5-3-21(31(15-25)49(41,42)43)1-2-22-4-6-26(16-32(22)50(44,45)46)38-36-24-9-13-30(14-10-24)48-20-28(40)18-34/h1-16,27-28,39-40H,17-20H2,(H,41,42,43)(H,44,45,46). The molecule has 0 spiro atoms. The van der Waals surface area contributed by atoms with Crippen LogP contribution in [0.3, 0.4) is 0 Å². The SMILES string of the molecule is O=S(=O)(O)c1cc(N=Nc2ccc(OCC(O)CCl)cc2)ccc1C=Cc1ccc(N=Nc2ccc(OCC(O)CCl)cc2)cc1S(=O)(=O)O. The first-order valence-corrected chi connectivity index (χ1v) is 18.4. The molecule has 0 heterocycles. The van der Waals surface area contributed by atoms with Gasteiger partial charge in [-0.15, -0.1) is 23.2 Å². The van der Waals surface area contributed by atoms with Crippen molar-refractivity contribution in [1.29, 1.82) is 0 Å². The number of halogens is 2. The number of alkyl halides is 2. The number of hydrogen-bond donors (Lipinski definition) is 4. The van der Waals surface area contributed by atoms with Gasteiger partial charge in [-0.2, -0.15) is 37.3 Å². The number of aliphatic hydroxyl groups is 2. The average molecular weight is 766 g/mol. The number of benzene rings is 4. The van der Waals surface area contributed by atoms with Gasteiger partial charge in [-0.3, -0.25) is 9.11 Å². The number of aliphatic hydroxyl groups excluding tert-OH is 2. The van der Waals surface area contributed by atoms with Gasteiger partial charge in [0.2, 0.25) is 0 Å². The monoisotopic (exact) mass is 764 g/mol. The van der Waals surface area contributed by atoms with E-state index in [1.54, 1.807) is 48.5 Å². The zero-order valence-electron chi connectivity index (χ0n) is 25.8. The first-order chi connectivity index (χ1) is 23.7. The van der Waals surface area contributed by atoms with E-state index < -0.39 is 42.2 Å². The topological polar surface area (TPSA) is 217 Å². The molecule has 4 rings (SSSR count). The second kappa shape index (κ2) is 17.6. The van der Waals surface area contributed by atoms with E-state index in [1.165, 1.54) is 36.4 Å². The summed E-state index contributed by atoms with van der Waals surface area (Å²) in [5.41, 5.74) is 0.942. The highest BCUT2D eigenvalue weighted by Crippen LogP contribution is 2.30. The van der Waals surface area contributed by atoms with Crippen LogP contribution in [0.25, 0.3) is 12.2 Å². The molecule has 0 radical (unpaired) electrons. The van der Waals surface area contributed by atoms with Crippen molar-refractivity contribution in [2.45, 2.75) is 22.0 Å². The number of ether oxygens (including phenoxy) is 2. The van der Waals surface area contributed by atoms with E-state index in [0.29, 0.717) is 22.9 Å². The second-order valence-corrected chi connectivity index (χ2v) is 13.8. The van der Waals surface area contributed by atoms with Crippen LogP contribution in [0, 0.1) is 0 Å². The molecule has 0 aliphatic rings. The van der Waals surface area contributed by atoms with E-state index in [4.69, 9.17) is 32.7 Å². The molecule has 0 amide bonds. The molecular weight excluding hydrogens is 735 g/mol. The predicted molar refractivity (Wildman–Crippen MR) is 187 cm³/mol. The van der Waals surface area contributed by atoms with Gasteiger partial charge in [-0.25, -0.2) is 0 Å². The van der Waals surface area contributed by atoms with E-state index in [1.807, 2.05) is 0 Å². The highest BCUT2D eigenvalue weighted by atomic mass is 35.5. The van der Waals surface area contributed by atoms with Crippen LogP contribution in [0.2, 0.25) is 0 Å². The minimum atomic E-state index is -4.77. The normalized spacial score (nSPS) is 13.6. The summed E-state index contributed by atoms with van der Waals surface area (Å²) in [4.78, 5) is -1.06. The van der Waals surface area contributed by atoms with Gasteiger partial charge >= 0.3 is 0 Å². The molecule has 4 aromatic carbocycles. The third-order valence-corrected chi connectivity index (χ3v) is 9.00. The quantitative estimate of drug-likeness (QED) is 0.0391. The number of rotatable bonds is 16. The zero-order chi connectivity index (χ0) is 36.3. The van der Waals surface area contributed by atoms with Crippen molar-refractivity contribution in [3.8, 4) is 11.5 Å². The van der Waals surface area contributed by atoms with Crippen molar-refractivity contribution in [2.24, 2.45) is 20.5 Å². The Balaban J connectivity index is 1.52. The highest BCUT2D eigenvalue weighted by Gasteiger charge is 2.18. The Bertz CT molecular complexity index is 1930. The van der Waals surface area contributed by atoms with Crippen molar-refractivity contribution in [3.63, 3.8) is 0 Å². The van der Waals surface area contributed by atoms with E-state index in [0.717, 1.165) is 12.1 Å². The van der Waals surface area contributed by atoms with Gasteiger partial charge in [0.05, 0.1) is 34.5 Å². The molecule has 0 aliphatic heterocycles. The van der Waals surface area contributed by atoms with Crippen LogP contribution in [0.1, 0.15) is 11.1 Å². The van der Waals surface area contributed by atoms with Crippen LogP contribution < -0.4 is 9.47 Å². The molecule has 0 saturated carbocycles. The van der Waals surface area contributed by atoms with Gasteiger partial charge in [0.1, 0.15) is 46.7 Å². The lowest BCUT2D eigenvalue weighted by molar-refractivity contribution is 0.125. The Labute approximate surface area is 297 Å². The zero-order valence-corrected chi connectivity index (χ0v) is 29.0. The molecule has 264 valence electrons.